The van der Waals surface area contributed by atoms with Crippen molar-refractivity contribution in [2.75, 3.05) is 12.4 Å². The third kappa shape index (κ3) is 4.73. The molecule has 0 atom stereocenters. The first-order valence-corrected chi connectivity index (χ1v) is 9.71. The van der Waals surface area contributed by atoms with Gasteiger partial charge in [-0.25, -0.2) is 4.79 Å². The van der Waals surface area contributed by atoms with Crippen LogP contribution in [0.25, 0.3) is 11.8 Å². The van der Waals surface area contributed by atoms with Crippen LogP contribution < -0.4 is 5.32 Å². The van der Waals surface area contributed by atoms with Gasteiger partial charge in [0, 0.05) is 22.8 Å². The van der Waals surface area contributed by atoms with E-state index in [9.17, 15) is 14.9 Å². The monoisotopic (exact) mass is 413 g/mol. The molecule has 3 rings (SSSR count). The molecule has 1 aromatic heterocycles. The fraction of sp³-hybridized carbons (Fsp3) is 0.160. The van der Waals surface area contributed by atoms with Crippen LogP contribution in [0.5, 0.6) is 0 Å². The number of carbonyl (C=O) groups excluding carboxylic acids is 2. The van der Waals surface area contributed by atoms with Gasteiger partial charge in [0.2, 0.25) is 0 Å². The second kappa shape index (κ2) is 9.14. The predicted molar refractivity (Wildman–Crippen MR) is 120 cm³/mol. The molecule has 0 unspecified atom stereocenters. The highest BCUT2D eigenvalue weighted by atomic mass is 16.5. The zero-order valence-electron chi connectivity index (χ0n) is 17.9. The predicted octanol–water partition coefficient (Wildman–Crippen LogP) is 4.73. The third-order valence-corrected chi connectivity index (χ3v) is 4.96. The van der Waals surface area contributed by atoms with Crippen LogP contribution in [0.2, 0.25) is 0 Å². The number of aryl methyl sites for hydroxylation is 2. The first kappa shape index (κ1) is 21.6. The summed E-state index contributed by atoms with van der Waals surface area (Å²) in [5.41, 5.74) is 5.58. The fourth-order valence-corrected chi connectivity index (χ4v) is 3.42. The number of hydrogen-bond acceptors (Lipinski definition) is 4. The Hall–Kier alpha value is -4.11. The molecule has 6 nitrogen and oxygen atoms in total. The molecule has 0 bridgehead atoms. The fourth-order valence-electron chi connectivity index (χ4n) is 3.42. The second-order valence-corrected chi connectivity index (χ2v) is 7.19. The summed E-state index contributed by atoms with van der Waals surface area (Å²) in [6, 6.07) is 18.4. The van der Waals surface area contributed by atoms with E-state index in [1.807, 2.05) is 67.8 Å². The number of hydrogen-bond donors (Lipinski definition) is 1. The van der Waals surface area contributed by atoms with Crippen molar-refractivity contribution in [1.29, 1.82) is 5.26 Å². The Labute approximate surface area is 181 Å². The van der Waals surface area contributed by atoms with Crippen molar-refractivity contribution >= 4 is 23.6 Å². The molecule has 0 saturated heterocycles. The van der Waals surface area contributed by atoms with Crippen molar-refractivity contribution < 1.29 is 14.3 Å². The summed E-state index contributed by atoms with van der Waals surface area (Å²) in [5, 5.41) is 12.3. The van der Waals surface area contributed by atoms with Crippen LogP contribution in [0.3, 0.4) is 0 Å². The number of nitrogens with one attached hydrogen (secondary N) is 1. The van der Waals surface area contributed by atoms with E-state index in [0.717, 1.165) is 28.2 Å². The standard InChI is InChI=1S/C25H23N3O3/c1-16-6-5-7-22(12-16)27-24(29)21(15-26)14-20-13-17(2)28(18(20)3)23-10-8-19(9-11-23)25(30)31-4/h5-14H,1-4H3,(H,27,29)/b21-14-. The van der Waals surface area contributed by atoms with Crippen molar-refractivity contribution in [3.8, 4) is 11.8 Å². The SMILES string of the molecule is COC(=O)c1ccc(-n2c(C)cc(/C=C(/C#N)C(=O)Nc3cccc(C)c3)c2C)cc1. The summed E-state index contributed by atoms with van der Waals surface area (Å²) in [6.45, 7) is 5.79. The molecule has 1 heterocycles. The molecule has 0 radical (unpaired) electrons. The first-order chi connectivity index (χ1) is 14.8. The average Bonchev–Trinajstić information content (AvgIpc) is 3.04. The average molecular weight is 413 g/mol. The minimum atomic E-state index is -0.458. The largest absolute Gasteiger partial charge is 0.465 e. The number of benzene rings is 2. The summed E-state index contributed by atoms with van der Waals surface area (Å²) >= 11 is 0. The van der Waals surface area contributed by atoms with Gasteiger partial charge in [-0.15, -0.1) is 0 Å². The minimum absolute atomic E-state index is 0.0165. The Morgan fingerprint density at radius 1 is 1.06 bits per heavy atom. The van der Waals surface area contributed by atoms with E-state index >= 15 is 0 Å². The van der Waals surface area contributed by atoms with E-state index in [-0.39, 0.29) is 5.57 Å². The molecular weight excluding hydrogens is 390 g/mol. The van der Waals surface area contributed by atoms with E-state index in [0.29, 0.717) is 11.3 Å². The normalized spacial score (nSPS) is 11.0. The lowest BCUT2D eigenvalue weighted by atomic mass is 10.1. The Morgan fingerprint density at radius 2 is 1.77 bits per heavy atom. The van der Waals surface area contributed by atoms with Crippen LogP contribution in [0.4, 0.5) is 5.69 Å². The van der Waals surface area contributed by atoms with Gasteiger partial charge in [-0.05, 0) is 80.4 Å². The summed E-state index contributed by atoms with van der Waals surface area (Å²) in [6.07, 6.45) is 1.59. The summed E-state index contributed by atoms with van der Waals surface area (Å²) in [4.78, 5) is 24.3. The molecule has 6 heteroatoms. The zero-order valence-corrected chi connectivity index (χ0v) is 17.9. The van der Waals surface area contributed by atoms with Gasteiger partial charge in [0.1, 0.15) is 11.6 Å². The number of rotatable bonds is 5. The van der Waals surface area contributed by atoms with E-state index in [1.54, 1.807) is 24.3 Å². The van der Waals surface area contributed by atoms with E-state index in [4.69, 9.17) is 4.74 Å². The van der Waals surface area contributed by atoms with Crippen LogP contribution in [0, 0.1) is 32.1 Å². The highest BCUT2D eigenvalue weighted by Crippen LogP contribution is 2.24. The first-order valence-electron chi connectivity index (χ1n) is 9.71. The van der Waals surface area contributed by atoms with Crippen LogP contribution in [-0.2, 0) is 9.53 Å². The number of carbonyl (C=O) groups is 2. The maximum atomic E-state index is 12.6. The van der Waals surface area contributed by atoms with Crippen molar-refractivity contribution in [2.45, 2.75) is 20.8 Å². The lowest BCUT2D eigenvalue weighted by Crippen LogP contribution is -2.13. The molecule has 1 amide bonds. The zero-order chi connectivity index (χ0) is 22.5. The number of anilines is 1. The maximum absolute atomic E-state index is 12.6. The number of nitriles is 1. The van der Waals surface area contributed by atoms with Crippen LogP contribution >= 0.6 is 0 Å². The van der Waals surface area contributed by atoms with E-state index in [1.165, 1.54) is 7.11 Å². The van der Waals surface area contributed by atoms with Gasteiger partial charge in [0.05, 0.1) is 12.7 Å². The second-order valence-electron chi connectivity index (χ2n) is 7.19. The van der Waals surface area contributed by atoms with Gasteiger partial charge < -0.3 is 14.6 Å². The van der Waals surface area contributed by atoms with Gasteiger partial charge in [0.15, 0.2) is 0 Å². The van der Waals surface area contributed by atoms with Gasteiger partial charge in [-0.3, -0.25) is 4.79 Å². The van der Waals surface area contributed by atoms with Gasteiger partial charge >= 0.3 is 5.97 Å². The molecule has 0 fully saturated rings. The van der Waals surface area contributed by atoms with Crippen molar-refractivity contribution in [3.63, 3.8) is 0 Å². The molecule has 0 saturated carbocycles. The molecule has 2 aromatic carbocycles. The maximum Gasteiger partial charge on any atom is 0.337 e. The molecule has 0 aliphatic heterocycles. The highest BCUT2D eigenvalue weighted by molar-refractivity contribution is 6.09. The van der Waals surface area contributed by atoms with Crippen molar-refractivity contribution in [2.24, 2.45) is 0 Å². The number of ether oxygens (including phenoxy) is 1. The summed E-state index contributed by atoms with van der Waals surface area (Å²) in [5.74, 6) is -0.852. The Balaban J connectivity index is 1.91. The van der Waals surface area contributed by atoms with Gasteiger partial charge in [-0.2, -0.15) is 5.26 Å². The molecule has 31 heavy (non-hydrogen) atoms. The molecule has 156 valence electrons. The Kier molecular flexibility index (Phi) is 6.37. The lowest BCUT2D eigenvalue weighted by molar-refractivity contribution is -0.112. The van der Waals surface area contributed by atoms with E-state index < -0.39 is 11.9 Å². The lowest BCUT2D eigenvalue weighted by Gasteiger charge is -2.10. The Morgan fingerprint density at radius 3 is 2.39 bits per heavy atom. The number of aromatic nitrogens is 1. The van der Waals surface area contributed by atoms with Gasteiger partial charge in [-0.1, -0.05) is 12.1 Å². The Bertz CT molecular complexity index is 1210. The molecule has 0 aliphatic carbocycles. The summed E-state index contributed by atoms with van der Waals surface area (Å²) in [7, 11) is 1.34. The number of nitrogens with zero attached hydrogens (tertiary/aromatic N) is 2. The molecule has 0 aliphatic rings. The van der Waals surface area contributed by atoms with Gasteiger partial charge in [0.25, 0.3) is 5.91 Å². The molecule has 1 N–H and O–H groups in total. The molecule has 3 aromatic rings. The smallest absolute Gasteiger partial charge is 0.337 e. The number of amides is 1. The summed E-state index contributed by atoms with van der Waals surface area (Å²) < 4.78 is 6.74. The number of methoxy groups -OCH3 is 1. The minimum Gasteiger partial charge on any atom is -0.465 e. The molecular formula is C25H23N3O3. The van der Waals surface area contributed by atoms with E-state index in [2.05, 4.69) is 5.32 Å². The topological polar surface area (TPSA) is 84.1 Å². The third-order valence-electron chi connectivity index (χ3n) is 4.96. The van der Waals surface area contributed by atoms with Crippen molar-refractivity contribution in [1.82, 2.24) is 4.57 Å². The van der Waals surface area contributed by atoms with Crippen molar-refractivity contribution in [3.05, 3.63) is 88.2 Å². The highest BCUT2D eigenvalue weighted by Gasteiger charge is 2.15. The quantitative estimate of drug-likeness (QED) is 0.372. The molecule has 0 spiro atoms. The van der Waals surface area contributed by atoms with Crippen LogP contribution in [-0.4, -0.2) is 23.6 Å². The number of esters is 1. The van der Waals surface area contributed by atoms with Crippen LogP contribution in [0.15, 0.2) is 60.2 Å². The van der Waals surface area contributed by atoms with Crippen LogP contribution in [0.1, 0.15) is 32.9 Å².